The van der Waals surface area contributed by atoms with Crippen LogP contribution in [0.2, 0.25) is 0 Å². The largest absolute Gasteiger partial charge is 0.465 e. The van der Waals surface area contributed by atoms with Crippen LogP contribution in [0.3, 0.4) is 0 Å². The van der Waals surface area contributed by atoms with E-state index in [0.717, 1.165) is 18.1 Å². The third kappa shape index (κ3) is 3.33. The summed E-state index contributed by atoms with van der Waals surface area (Å²) < 4.78 is 5.37. The maximum Gasteiger partial charge on any atom is 0.326 e. The van der Waals surface area contributed by atoms with Gasteiger partial charge in [-0.2, -0.15) is 11.8 Å². The molecule has 3 aliphatic rings. The first-order chi connectivity index (χ1) is 9.72. The van der Waals surface area contributed by atoms with Crippen LogP contribution in [0.25, 0.3) is 0 Å². The van der Waals surface area contributed by atoms with E-state index in [2.05, 4.69) is 17.1 Å². The van der Waals surface area contributed by atoms with Crippen molar-refractivity contribution in [2.75, 3.05) is 6.61 Å². The predicted octanol–water partition coefficient (Wildman–Crippen LogP) is 3.27. The van der Waals surface area contributed by atoms with Gasteiger partial charge in [0.25, 0.3) is 0 Å². The highest BCUT2D eigenvalue weighted by molar-refractivity contribution is 8.00. The van der Waals surface area contributed by atoms with Crippen LogP contribution in [0.4, 0.5) is 0 Å². The number of hydrogen-bond donors (Lipinski definition) is 1. The molecule has 0 aliphatic heterocycles. The molecule has 0 amide bonds. The Labute approximate surface area is 126 Å². The molecule has 20 heavy (non-hydrogen) atoms. The van der Waals surface area contributed by atoms with E-state index in [4.69, 9.17) is 4.74 Å². The lowest BCUT2D eigenvalue weighted by Gasteiger charge is -2.28. The molecule has 0 aromatic heterocycles. The van der Waals surface area contributed by atoms with Crippen molar-refractivity contribution in [3.63, 3.8) is 0 Å². The number of thioether (sulfide) groups is 1. The van der Waals surface area contributed by atoms with Gasteiger partial charge in [0.15, 0.2) is 0 Å². The molecule has 2 atom stereocenters. The van der Waals surface area contributed by atoms with E-state index in [-0.39, 0.29) is 11.5 Å². The molecule has 0 spiro atoms. The molecule has 3 saturated carbocycles. The average molecular weight is 297 g/mol. The highest BCUT2D eigenvalue weighted by Crippen LogP contribution is 2.44. The molecular weight excluding hydrogens is 270 g/mol. The van der Waals surface area contributed by atoms with Crippen molar-refractivity contribution in [1.82, 2.24) is 5.32 Å². The standard InChI is InChI=1S/C16H27NO2S/c1-2-19-15(18)16(17-12-7-8-12)10-9-14(11-16)20-13-5-3-4-6-13/h12-14,17H,2-11H2,1H3. The van der Waals surface area contributed by atoms with Gasteiger partial charge in [-0.25, -0.2) is 0 Å². The van der Waals surface area contributed by atoms with Gasteiger partial charge >= 0.3 is 5.97 Å². The van der Waals surface area contributed by atoms with Crippen molar-refractivity contribution >= 4 is 17.7 Å². The summed E-state index contributed by atoms with van der Waals surface area (Å²) in [6, 6.07) is 0.564. The van der Waals surface area contributed by atoms with Gasteiger partial charge in [-0.1, -0.05) is 12.8 Å². The number of nitrogens with one attached hydrogen (secondary N) is 1. The SMILES string of the molecule is CCOC(=O)C1(NC2CC2)CCC(SC2CCCC2)C1. The Balaban J connectivity index is 1.60. The van der Waals surface area contributed by atoms with Gasteiger partial charge in [-0.05, 0) is 51.9 Å². The zero-order valence-electron chi connectivity index (χ0n) is 12.5. The molecule has 1 N–H and O–H groups in total. The number of esters is 1. The van der Waals surface area contributed by atoms with Crippen molar-refractivity contribution < 1.29 is 9.53 Å². The fourth-order valence-corrected chi connectivity index (χ4v) is 5.46. The van der Waals surface area contributed by atoms with Gasteiger partial charge in [0, 0.05) is 16.5 Å². The Hall–Kier alpha value is -0.220. The van der Waals surface area contributed by atoms with E-state index in [1.165, 1.54) is 44.9 Å². The van der Waals surface area contributed by atoms with E-state index in [9.17, 15) is 4.79 Å². The summed E-state index contributed by atoms with van der Waals surface area (Å²) in [4.78, 5) is 12.4. The van der Waals surface area contributed by atoms with Gasteiger partial charge in [-0.15, -0.1) is 0 Å². The summed E-state index contributed by atoms with van der Waals surface area (Å²) in [5.74, 6) is 0.00132. The Morgan fingerprint density at radius 2 is 1.95 bits per heavy atom. The molecule has 3 fully saturated rings. The number of carbonyl (C=O) groups excluding carboxylic acids is 1. The third-order valence-corrected chi connectivity index (χ3v) is 6.52. The summed E-state index contributed by atoms with van der Waals surface area (Å²) in [5, 5.41) is 5.11. The van der Waals surface area contributed by atoms with Crippen molar-refractivity contribution in [3.05, 3.63) is 0 Å². The smallest absolute Gasteiger partial charge is 0.326 e. The van der Waals surface area contributed by atoms with Crippen LogP contribution in [-0.2, 0) is 9.53 Å². The fraction of sp³-hybridized carbons (Fsp3) is 0.938. The minimum atomic E-state index is -0.368. The first-order valence-corrected chi connectivity index (χ1v) is 9.26. The summed E-state index contributed by atoms with van der Waals surface area (Å²) in [7, 11) is 0. The van der Waals surface area contributed by atoms with Gasteiger partial charge in [0.1, 0.15) is 5.54 Å². The van der Waals surface area contributed by atoms with Crippen molar-refractivity contribution in [1.29, 1.82) is 0 Å². The lowest BCUT2D eigenvalue weighted by Crippen LogP contribution is -2.52. The van der Waals surface area contributed by atoms with E-state index in [1.807, 2.05) is 6.92 Å². The van der Waals surface area contributed by atoms with Gasteiger partial charge in [0.2, 0.25) is 0 Å². The van der Waals surface area contributed by atoms with Crippen LogP contribution in [0.15, 0.2) is 0 Å². The molecule has 0 heterocycles. The van der Waals surface area contributed by atoms with Crippen LogP contribution >= 0.6 is 11.8 Å². The van der Waals surface area contributed by atoms with Crippen molar-refractivity contribution in [2.45, 2.75) is 86.8 Å². The number of carbonyl (C=O) groups is 1. The van der Waals surface area contributed by atoms with Crippen LogP contribution in [0, 0.1) is 0 Å². The van der Waals surface area contributed by atoms with Gasteiger partial charge < -0.3 is 4.74 Å². The maximum atomic E-state index is 12.4. The predicted molar refractivity (Wildman–Crippen MR) is 83.0 cm³/mol. The normalized spacial score (nSPS) is 34.5. The minimum Gasteiger partial charge on any atom is -0.465 e. The van der Waals surface area contributed by atoms with Crippen LogP contribution < -0.4 is 5.32 Å². The second-order valence-corrected chi connectivity index (χ2v) is 8.23. The molecule has 2 unspecified atom stereocenters. The lowest BCUT2D eigenvalue weighted by molar-refractivity contribution is -0.151. The number of hydrogen-bond acceptors (Lipinski definition) is 4. The first-order valence-electron chi connectivity index (χ1n) is 8.32. The maximum absolute atomic E-state index is 12.4. The summed E-state index contributed by atoms with van der Waals surface area (Å²) in [6.07, 6.45) is 11.1. The quantitative estimate of drug-likeness (QED) is 0.764. The molecule has 4 heteroatoms. The third-order valence-electron chi connectivity index (χ3n) is 4.88. The minimum absolute atomic E-state index is 0.00132. The lowest BCUT2D eigenvalue weighted by atomic mass is 9.97. The van der Waals surface area contributed by atoms with Gasteiger partial charge in [0.05, 0.1) is 6.61 Å². The molecular formula is C16H27NO2S. The monoisotopic (exact) mass is 297 g/mol. The number of rotatable bonds is 6. The van der Waals surface area contributed by atoms with Crippen molar-refractivity contribution in [3.8, 4) is 0 Å². The van der Waals surface area contributed by atoms with E-state index in [1.54, 1.807) is 0 Å². The molecule has 3 aliphatic carbocycles. The molecule has 3 nitrogen and oxygen atoms in total. The molecule has 0 bridgehead atoms. The van der Waals surface area contributed by atoms with Crippen LogP contribution in [0.1, 0.15) is 64.7 Å². The number of ether oxygens (including phenoxy) is 1. The van der Waals surface area contributed by atoms with E-state index in [0.29, 0.717) is 17.9 Å². The second kappa shape index (κ2) is 6.27. The summed E-state index contributed by atoms with van der Waals surface area (Å²) >= 11 is 2.15. The van der Waals surface area contributed by atoms with E-state index < -0.39 is 0 Å². The summed E-state index contributed by atoms with van der Waals surface area (Å²) in [6.45, 7) is 2.40. The molecule has 114 valence electrons. The first kappa shape index (κ1) is 14.7. The topological polar surface area (TPSA) is 38.3 Å². The zero-order chi connectivity index (χ0) is 14.0. The van der Waals surface area contributed by atoms with Gasteiger partial charge in [-0.3, -0.25) is 10.1 Å². The molecule has 0 radical (unpaired) electrons. The van der Waals surface area contributed by atoms with Crippen LogP contribution in [-0.4, -0.2) is 34.7 Å². The Morgan fingerprint density at radius 3 is 2.60 bits per heavy atom. The zero-order valence-corrected chi connectivity index (χ0v) is 13.3. The van der Waals surface area contributed by atoms with Crippen molar-refractivity contribution in [2.24, 2.45) is 0 Å². The average Bonchev–Trinajstić information content (AvgIpc) is 2.92. The summed E-state index contributed by atoms with van der Waals surface area (Å²) in [5.41, 5.74) is -0.368. The Bertz CT molecular complexity index is 352. The van der Waals surface area contributed by atoms with E-state index >= 15 is 0 Å². The second-order valence-electron chi connectivity index (χ2n) is 6.63. The highest BCUT2D eigenvalue weighted by Gasteiger charge is 2.49. The Morgan fingerprint density at radius 1 is 1.20 bits per heavy atom. The highest BCUT2D eigenvalue weighted by atomic mass is 32.2. The fourth-order valence-electron chi connectivity index (χ4n) is 3.68. The molecule has 0 aromatic rings. The molecule has 0 saturated heterocycles. The molecule has 0 aromatic carbocycles. The van der Waals surface area contributed by atoms with Crippen LogP contribution in [0.5, 0.6) is 0 Å². The molecule has 3 rings (SSSR count). The Kier molecular flexibility index (Phi) is 4.61.